The second-order valence-electron chi connectivity index (χ2n) is 5.50. The van der Waals surface area contributed by atoms with E-state index in [1.165, 1.54) is 35.6 Å². The molecule has 0 heterocycles. The predicted octanol–water partition coefficient (Wildman–Crippen LogP) is 3.45. The first-order valence-electron chi connectivity index (χ1n) is 5.50. The maximum atomic E-state index is 3.88. The van der Waals surface area contributed by atoms with Crippen molar-refractivity contribution in [3.05, 3.63) is 12.7 Å². The van der Waals surface area contributed by atoms with Crippen molar-refractivity contribution < 1.29 is 0 Å². The summed E-state index contributed by atoms with van der Waals surface area (Å²) in [5, 5.41) is 0. The highest BCUT2D eigenvalue weighted by Gasteiger charge is 2.24. The molecule has 0 aliphatic rings. The van der Waals surface area contributed by atoms with Crippen molar-refractivity contribution in [2.24, 2.45) is 11.8 Å². The van der Waals surface area contributed by atoms with Gasteiger partial charge in [-0.2, -0.15) is 0 Å². The third-order valence-electron chi connectivity index (χ3n) is 2.44. The Labute approximate surface area is 92.2 Å². The van der Waals surface area contributed by atoms with Crippen LogP contribution in [0.2, 0.25) is 4.28 Å². The lowest BCUT2D eigenvalue weighted by Crippen LogP contribution is -2.17. The fourth-order valence-corrected chi connectivity index (χ4v) is 4.49. The van der Waals surface area contributed by atoms with E-state index in [2.05, 4.69) is 40.3 Å². The van der Waals surface area contributed by atoms with Crippen LogP contribution in [0.1, 0.15) is 47.0 Å². The Balaban J connectivity index is 4.23. The molecule has 76 valence electrons. The van der Waals surface area contributed by atoms with Crippen LogP contribution < -0.4 is 0 Å². The van der Waals surface area contributed by atoms with Crippen LogP contribution in [0.4, 0.5) is 0 Å². The van der Waals surface area contributed by atoms with Crippen LogP contribution in [-0.4, -0.2) is 16.3 Å². The van der Waals surface area contributed by atoms with Crippen LogP contribution in [0, 0.1) is 11.8 Å². The van der Waals surface area contributed by atoms with Gasteiger partial charge in [0.2, 0.25) is 16.3 Å². The third-order valence-corrected chi connectivity index (χ3v) is 3.66. The van der Waals surface area contributed by atoms with Gasteiger partial charge >= 0.3 is 0 Å². The largest absolute Gasteiger partial charge is 0.221 e. The fraction of sp³-hybridized carbons (Fsp3) is 0.833. The van der Waals surface area contributed by atoms with Gasteiger partial charge in [-0.25, -0.2) is 0 Å². The van der Waals surface area contributed by atoms with Gasteiger partial charge < -0.3 is 0 Å². The maximum absolute atomic E-state index is 3.88. The van der Waals surface area contributed by atoms with E-state index < -0.39 is 0 Å². The average molecular weight is 196 g/mol. The second kappa shape index (κ2) is 5.89. The van der Waals surface area contributed by atoms with Crippen molar-refractivity contribution in [1.82, 2.24) is 0 Å². The van der Waals surface area contributed by atoms with Gasteiger partial charge in [0.05, 0.1) is 0 Å². The lowest BCUT2D eigenvalue weighted by molar-refractivity contribution is 0.365. The first kappa shape index (κ1) is 13.3. The molecular weight excluding hydrogens is 171 g/mol. The first-order chi connectivity index (χ1) is 5.89. The Morgan fingerprint density at radius 1 is 1.15 bits per heavy atom. The van der Waals surface area contributed by atoms with E-state index in [1.807, 2.05) is 0 Å². The summed E-state index contributed by atoms with van der Waals surface area (Å²) >= 11 is 1.30. The number of allylic oxidation sites excluding steroid dienone is 1. The monoisotopic (exact) mass is 196 g/mol. The second-order valence-corrected chi connectivity index (χ2v) is 7.62. The normalized spacial score (nSPS) is 12.5. The standard InChI is InChI=1S/C12H23.Al.2H/c1-6-7-12(8-10(2)3)9-11(4)5;;;/h6,10-11H,1,7-9H2,2-5H3;;;. The highest BCUT2D eigenvalue weighted by molar-refractivity contribution is 6.15. The quantitative estimate of drug-likeness (QED) is 0.451. The molecule has 0 atom stereocenters. The van der Waals surface area contributed by atoms with Gasteiger partial charge in [-0.3, -0.25) is 0 Å². The van der Waals surface area contributed by atoms with Crippen molar-refractivity contribution in [3.8, 4) is 0 Å². The summed E-state index contributed by atoms with van der Waals surface area (Å²) in [7, 11) is 0. The van der Waals surface area contributed by atoms with Crippen molar-refractivity contribution in [2.45, 2.75) is 51.2 Å². The SMILES string of the molecule is C=CC[C]([AlH2])(CC(C)C)CC(C)C. The molecule has 0 amide bonds. The summed E-state index contributed by atoms with van der Waals surface area (Å²) in [6, 6.07) is 0. The van der Waals surface area contributed by atoms with Crippen molar-refractivity contribution >= 4 is 16.3 Å². The lowest BCUT2D eigenvalue weighted by atomic mass is 9.86. The van der Waals surface area contributed by atoms with Crippen LogP contribution in [0.15, 0.2) is 12.7 Å². The molecule has 0 fully saturated rings. The molecule has 0 saturated heterocycles. The summed E-state index contributed by atoms with van der Waals surface area (Å²) in [5.74, 6) is 1.66. The maximum Gasteiger partial charge on any atom is 0.221 e. The van der Waals surface area contributed by atoms with E-state index in [4.69, 9.17) is 0 Å². The molecule has 0 aromatic rings. The molecule has 0 N–H and O–H groups in total. The molecule has 0 nitrogen and oxygen atoms in total. The molecule has 0 bridgehead atoms. The number of hydrogen-bond donors (Lipinski definition) is 0. The Morgan fingerprint density at radius 3 is 1.77 bits per heavy atom. The summed E-state index contributed by atoms with van der Waals surface area (Å²) in [4.78, 5) is 0. The van der Waals surface area contributed by atoms with E-state index in [1.54, 1.807) is 0 Å². The van der Waals surface area contributed by atoms with Crippen LogP contribution in [0.3, 0.4) is 0 Å². The van der Waals surface area contributed by atoms with Gasteiger partial charge in [0, 0.05) is 0 Å². The minimum absolute atomic E-state index is 0.615. The topological polar surface area (TPSA) is 0 Å². The average Bonchev–Trinajstić information content (AvgIpc) is 1.81. The first-order valence-corrected chi connectivity index (χ1v) is 6.50. The molecule has 0 aliphatic carbocycles. The summed E-state index contributed by atoms with van der Waals surface area (Å²) < 4.78 is 0.615. The van der Waals surface area contributed by atoms with Gasteiger partial charge in [-0.1, -0.05) is 50.9 Å². The Morgan fingerprint density at radius 2 is 1.54 bits per heavy atom. The highest BCUT2D eigenvalue weighted by atomic mass is 27.0. The highest BCUT2D eigenvalue weighted by Crippen LogP contribution is 2.40. The molecule has 0 aliphatic heterocycles. The van der Waals surface area contributed by atoms with E-state index in [0.717, 1.165) is 11.8 Å². The summed E-state index contributed by atoms with van der Waals surface area (Å²) in [6.07, 6.45) is 6.08. The van der Waals surface area contributed by atoms with Gasteiger partial charge in [-0.05, 0) is 18.3 Å². The fourth-order valence-electron chi connectivity index (χ4n) is 2.57. The van der Waals surface area contributed by atoms with E-state index in [9.17, 15) is 0 Å². The summed E-state index contributed by atoms with van der Waals surface area (Å²) in [5.41, 5.74) is 0. The zero-order valence-corrected chi connectivity index (χ0v) is 12.1. The summed E-state index contributed by atoms with van der Waals surface area (Å²) in [6.45, 7) is 13.2. The van der Waals surface area contributed by atoms with Crippen LogP contribution >= 0.6 is 0 Å². The molecule has 0 spiro atoms. The molecule has 13 heavy (non-hydrogen) atoms. The van der Waals surface area contributed by atoms with Gasteiger partial charge in [0.15, 0.2) is 0 Å². The van der Waals surface area contributed by atoms with Crippen LogP contribution in [-0.2, 0) is 0 Å². The van der Waals surface area contributed by atoms with Gasteiger partial charge in [0.1, 0.15) is 0 Å². The minimum Gasteiger partial charge on any atom is -0.103 e. The molecule has 0 saturated carbocycles. The third kappa shape index (κ3) is 6.36. The zero-order chi connectivity index (χ0) is 10.5. The van der Waals surface area contributed by atoms with Crippen molar-refractivity contribution in [1.29, 1.82) is 0 Å². The predicted molar refractivity (Wildman–Crippen MR) is 65.0 cm³/mol. The molecule has 0 aromatic heterocycles. The molecular formula is C12H25Al. The number of rotatable bonds is 6. The molecule has 0 aromatic carbocycles. The van der Waals surface area contributed by atoms with Gasteiger partial charge in [0.25, 0.3) is 0 Å². The number of hydrogen-bond acceptors (Lipinski definition) is 0. The Kier molecular flexibility index (Phi) is 6.01. The smallest absolute Gasteiger partial charge is 0.103 e. The van der Waals surface area contributed by atoms with E-state index in [0.29, 0.717) is 4.28 Å². The van der Waals surface area contributed by atoms with Crippen LogP contribution in [0.25, 0.3) is 0 Å². The van der Waals surface area contributed by atoms with Crippen molar-refractivity contribution in [3.63, 3.8) is 0 Å². The van der Waals surface area contributed by atoms with Crippen LogP contribution in [0.5, 0.6) is 0 Å². The lowest BCUT2D eigenvalue weighted by Gasteiger charge is -2.32. The van der Waals surface area contributed by atoms with Crippen molar-refractivity contribution in [2.75, 3.05) is 0 Å². The van der Waals surface area contributed by atoms with Gasteiger partial charge in [-0.15, -0.1) is 6.58 Å². The Hall–Kier alpha value is 0.272. The molecule has 0 rings (SSSR count). The zero-order valence-electron chi connectivity index (χ0n) is 10.1. The molecule has 0 unspecified atom stereocenters. The van der Waals surface area contributed by atoms with E-state index in [-0.39, 0.29) is 0 Å². The Bertz CT molecular complexity index is 137. The minimum atomic E-state index is 0.615. The molecule has 1 heteroatoms. The van der Waals surface area contributed by atoms with E-state index >= 15 is 0 Å². The molecule has 0 radical (unpaired) electrons.